The molecule has 0 radical (unpaired) electrons. The number of nitro groups is 1. The van der Waals surface area contributed by atoms with Crippen LogP contribution in [0.1, 0.15) is 24.2 Å². The number of nitrogens with zero attached hydrogens (tertiary/aromatic N) is 2. The van der Waals surface area contributed by atoms with Crippen molar-refractivity contribution in [2.75, 3.05) is 13.1 Å². The van der Waals surface area contributed by atoms with E-state index in [1.807, 2.05) is 18.7 Å². The van der Waals surface area contributed by atoms with Crippen LogP contribution in [0.15, 0.2) is 24.3 Å². The van der Waals surface area contributed by atoms with Crippen LogP contribution in [0.3, 0.4) is 0 Å². The second kappa shape index (κ2) is 8.05. The largest absolute Gasteiger partial charge is 0.373 e. The van der Waals surface area contributed by atoms with E-state index in [1.165, 1.54) is 24.3 Å². The Morgan fingerprint density at radius 2 is 1.96 bits per heavy atom. The standard InChI is InChI=1S/C15H18Cl3N3O4/c1-9-7-20(8-10(2)25-9)14(15(16,17)18)19-13(22)11-4-3-5-12(6-11)21(23)24/h3-6,9-10,14H,7-8H2,1-2H3,(H,19,22). The smallest absolute Gasteiger partial charge is 0.270 e. The second-order valence-corrected chi connectivity index (χ2v) is 8.31. The number of ether oxygens (including phenoxy) is 1. The molecule has 138 valence electrons. The molecule has 0 aliphatic carbocycles. The third kappa shape index (κ3) is 5.43. The Bertz CT molecular complexity index is 643. The zero-order chi connectivity index (χ0) is 18.8. The third-order valence-corrected chi connectivity index (χ3v) is 4.33. The molecule has 7 nitrogen and oxygen atoms in total. The molecule has 1 aliphatic heterocycles. The Morgan fingerprint density at radius 3 is 2.48 bits per heavy atom. The van der Waals surface area contributed by atoms with Gasteiger partial charge in [-0.15, -0.1) is 0 Å². The van der Waals surface area contributed by atoms with Gasteiger partial charge in [-0.2, -0.15) is 0 Å². The Labute approximate surface area is 160 Å². The van der Waals surface area contributed by atoms with E-state index in [-0.39, 0.29) is 23.5 Å². The number of carbonyl (C=O) groups is 1. The zero-order valence-electron chi connectivity index (χ0n) is 13.6. The molecule has 25 heavy (non-hydrogen) atoms. The molecule has 1 fully saturated rings. The summed E-state index contributed by atoms with van der Waals surface area (Å²) in [7, 11) is 0. The fourth-order valence-corrected chi connectivity index (χ4v) is 3.35. The summed E-state index contributed by atoms with van der Waals surface area (Å²) in [6, 6.07) is 5.36. The first-order chi connectivity index (χ1) is 11.6. The highest BCUT2D eigenvalue weighted by atomic mass is 35.6. The first-order valence-corrected chi connectivity index (χ1v) is 8.73. The van der Waals surface area contributed by atoms with Crippen LogP contribution in [0, 0.1) is 10.1 Å². The van der Waals surface area contributed by atoms with Crippen LogP contribution in [0.4, 0.5) is 5.69 Å². The van der Waals surface area contributed by atoms with E-state index in [2.05, 4.69) is 5.32 Å². The Hall–Kier alpha value is -1.12. The highest BCUT2D eigenvalue weighted by Crippen LogP contribution is 2.33. The lowest BCUT2D eigenvalue weighted by Crippen LogP contribution is -2.60. The number of non-ortho nitro benzene ring substituents is 1. The summed E-state index contributed by atoms with van der Waals surface area (Å²) in [6.45, 7) is 4.72. The molecule has 0 saturated carbocycles. The number of rotatable bonds is 4. The molecule has 0 spiro atoms. The number of hydrogen-bond acceptors (Lipinski definition) is 5. The van der Waals surface area contributed by atoms with Crippen LogP contribution >= 0.6 is 34.8 Å². The second-order valence-electron chi connectivity index (χ2n) is 5.94. The minimum atomic E-state index is -1.78. The van der Waals surface area contributed by atoms with Crippen molar-refractivity contribution in [2.24, 2.45) is 0 Å². The summed E-state index contributed by atoms with van der Waals surface area (Å²) in [5, 5.41) is 13.5. The molecule has 3 atom stereocenters. The normalized spacial score (nSPS) is 23.1. The monoisotopic (exact) mass is 409 g/mol. The van der Waals surface area contributed by atoms with Gasteiger partial charge in [0.15, 0.2) is 0 Å². The summed E-state index contributed by atoms with van der Waals surface area (Å²) in [5.74, 6) is -0.563. The lowest BCUT2D eigenvalue weighted by atomic mass is 10.1. The summed E-state index contributed by atoms with van der Waals surface area (Å²) < 4.78 is 3.87. The molecule has 2 rings (SSSR count). The molecule has 1 aromatic rings. The van der Waals surface area contributed by atoms with Crippen molar-refractivity contribution in [1.82, 2.24) is 10.2 Å². The number of nitrogens with one attached hydrogen (secondary N) is 1. The molecule has 1 aliphatic rings. The van der Waals surface area contributed by atoms with Gasteiger partial charge in [0.1, 0.15) is 6.17 Å². The molecule has 3 unspecified atom stereocenters. The summed E-state index contributed by atoms with van der Waals surface area (Å²) in [5.41, 5.74) is -0.0745. The quantitative estimate of drug-likeness (QED) is 0.468. The topological polar surface area (TPSA) is 84.7 Å². The number of halogens is 3. The first-order valence-electron chi connectivity index (χ1n) is 7.59. The first kappa shape index (κ1) is 20.2. The number of hydrogen-bond donors (Lipinski definition) is 1. The molecule has 1 heterocycles. The number of benzene rings is 1. The molecule has 1 saturated heterocycles. The van der Waals surface area contributed by atoms with Crippen LogP contribution in [0.2, 0.25) is 0 Å². The van der Waals surface area contributed by atoms with Crippen molar-refractivity contribution in [2.45, 2.75) is 36.0 Å². The van der Waals surface area contributed by atoms with Crippen molar-refractivity contribution in [3.8, 4) is 0 Å². The minimum Gasteiger partial charge on any atom is -0.373 e. The average molecular weight is 411 g/mol. The summed E-state index contributed by atoms with van der Waals surface area (Å²) in [6.07, 6.45) is -1.08. The highest BCUT2D eigenvalue weighted by Gasteiger charge is 2.41. The molecule has 0 aromatic heterocycles. The molecular formula is C15H18Cl3N3O4. The predicted octanol–water partition coefficient (Wildman–Crippen LogP) is 3.13. The van der Waals surface area contributed by atoms with Crippen molar-refractivity contribution in [1.29, 1.82) is 0 Å². The predicted molar refractivity (Wildman–Crippen MR) is 96.2 cm³/mol. The van der Waals surface area contributed by atoms with Gasteiger partial charge in [0.2, 0.25) is 3.79 Å². The average Bonchev–Trinajstić information content (AvgIpc) is 2.50. The lowest BCUT2D eigenvalue weighted by Gasteiger charge is -2.42. The fourth-order valence-electron chi connectivity index (χ4n) is 2.78. The van der Waals surface area contributed by atoms with E-state index >= 15 is 0 Å². The van der Waals surface area contributed by atoms with E-state index < -0.39 is 20.8 Å². The van der Waals surface area contributed by atoms with Gasteiger partial charge in [0, 0.05) is 30.8 Å². The van der Waals surface area contributed by atoms with Crippen LogP contribution < -0.4 is 5.32 Å². The zero-order valence-corrected chi connectivity index (χ0v) is 15.9. The SMILES string of the molecule is CC1CN(C(NC(=O)c2cccc([N+](=O)[O-])c2)C(Cl)(Cl)Cl)CC(C)O1. The highest BCUT2D eigenvalue weighted by molar-refractivity contribution is 6.68. The Balaban J connectivity index is 2.21. The van der Waals surface area contributed by atoms with Crippen LogP contribution in [-0.2, 0) is 4.74 Å². The van der Waals surface area contributed by atoms with Gasteiger partial charge < -0.3 is 10.1 Å². The number of amides is 1. The van der Waals surface area contributed by atoms with E-state index in [1.54, 1.807) is 0 Å². The molecule has 10 heteroatoms. The third-order valence-electron chi connectivity index (χ3n) is 3.71. The Kier molecular flexibility index (Phi) is 6.51. The maximum absolute atomic E-state index is 12.5. The van der Waals surface area contributed by atoms with E-state index in [0.717, 1.165) is 0 Å². The van der Waals surface area contributed by atoms with Crippen molar-refractivity contribution >= 4 is 46.4 Å². The molecule has 1 N–H and O–H groups in total. The van der Waals surface area contributed by atoms with Crippen molar-refractivity contribution in [3.63, 3.8) is 0 Å². The van der Waals surface area contributed by atoms with Gasteiger partial charge in [-0.1, -0.05) is 40.9 Å². The molecule has 0 bridgehead atoms. The van der Waals surface area contributed by atoms with Gasteiger partial charge in [-0.05, 0) is 19.9 Å². The van der Waals surface area contributed by atoms with Crippen LogP contribution in [0.25, 0.3) is 0 Å². The van der Waals surface area contributed by atoms with Gasteiger partial charge in [-0.3, -0.25) is 19.8 Å². The van der Waals surface area contributed by atoms with Crippen LogP contribution in [-0.4, -0.2) is 51.0 Å². The van der Waals surface area contributed by atoms with Gasteiger partial charge in [0.25, 0.3) is 11.6 Å². The van der Waals surface area contributed by atoms with Gasteiger partial charge in [0.05, 0.1) is 17.1 Å². The number of morpholine rings is 1. The number of alkyl halides is 3. The van der Waals surface area contributed by atoms with E-state index in [4.69, 9.17) is 39.5 Å². The van der Waals surface area contributed by atoms with Gasteiger partial charge in [-0.25, -0.2) is 0 Å². The summed E-state index contributed by atoms with van der Waals surface area (Å²) >= 11 is 18.2. The maximum Gasteiger partial charge on any atom is 0.270 e. The van der Waals surface area contributed by atoms with Crippen molar-refractivity contribution < 1.29 is 14.5 Å². The molecular weight excluding hydrogens is 393 g/mol. The van der Waals surface area contributed by atoms with E-state index in [9.17, 15) is 14.9 Å². The van der Waals surface area contributed by atoms with Gasteiger partial charge >= 0.3 is 0 Å². The lowest BCUT2D eigenvalue weighted by molar-refractivity contribution is -0.384. The molecule has 1 amide bonds. The van der Waals surface area contributed by atoms with E-state index in [0.29, 0.717) is 13.1 Å². The number of nitro benzene ring substituents is 1. The molecule has 1 aromatic carbocycles. The fraction of sp³-hybridized carbons (Fsp3) is 0.533. The van der Waals surface area contributed by atoms with Crippen LogP contribution in [0.5, 0.6) is 0 Å². The number of carbonyl (C=O) groups excluding carboxylic acids is 1. The summed E-state index contributed by atoms with van der Waals surface area (Å²) in [4.78, 5) is 24.6. The van der Waals surface area contributed by atoms with Crippen molar-refractivity contribution in [3.05, 3.63) is 39.9 Å². The minimum absolute atomic E-state index is 0.0895. The Morgan fingerprint density at radius 1 is 1.36 bits per heavy atom. The maximum atomic E-state index is 12.5.